The number of halogens is 4. The molecular weight excluding hydrogens is 561 g/mol. The zero-order valence-electron chi connectivity index (χ0n) is 13.4. The van der Waals surface area contributed by atoms with E-state index in [-0.39, 0.29) is 24.8 Å². The highest BCUT2D eigenvalue weighted by Gasteiger charge is 2.23. The Labute approximate surface area is 179 Å². The quantitative estimate of drug-likeness (QED) is 0.365. The molecule has 0 spiro atoms. The maximum absolute atomic E-state index is 10.00. The topological polar surface area (TPSA) is 35.5 Å². The molecule has 1 aromatic rings. The van der Waals surface area contributed by atoms with Crippen LogP contribution in [0.4, 0.5) is 0 Å². The average Bonchev–Trinajstić information content (AvgIpc) is 2.50. The molecule has 0 aliphatic carbocycles. The summed E-state index contributed by atoms with van der Waals surface area (Å²) in [5.41, 5.74) is 1.36. The summed E-state index contributed by atoms with van der Waals surface area (Å²) in [4.78, 5) is 2.60. The number of nitrogens with one attached hydrogen (secondary N) is 1. The number of rotatable bonds is 6. The summed E-state index contributed by atoms with van der Waals surface area (Å²) < 4.78 is 1.93. The summed E-state index contributed by atoms with van der Waals surface area (Å²) >= 11 is 4.48. The van der Waals surface area contributed by atoms with Crippen LogP contribution in [0.2, 0.25) is 0 Å². The van der Waals surface area contributed by atoms with Crippen molar-refractivity contribution >= 4 is 70.0 Å². The number of phenolic OH excluding ortho intramolecular Hbond substituents is 1. The van der Waals surface area contributed by atoms with Gasteiger partial charge in [0, 0.05) is 32.2 Å². The zero-order chi connectivity index (χ0) is 15.2. The number of nitrogens with zero attached hydrogens (tertiary/aromatic N) is 1. The smallest absolute Gasteiger partial charge is 0.142 e. The molecule has 2 N–H and O–H groups in total. The van der Waals surface area contributed by atoms with Crippen LogP contribution >= 0.6 is 70.0 Å². The van der Waals surface area contributed by atoms with Crippen molar-refractivity contribution in [3.05, 3.63) is 24.8 Å². The molecule has 1 aromatic carbocycles. The Morgan fingerprint density at radius 1 is 1.13 bits per heavy atom. The minimum Gasteiger partial charge on any atom is -0.506 e. The summed E-state index contributed by atoms with van der Waals surface area (Å²) in [6.45, 7) is 6.65. The van der Waals surface area contributed by atoms with Gasteiger partial charge in [-0.05, 0) is 69.3 Å². The summed E-state index contributed by atoms with van der Waals surface area (Å²) in [5.74, 6) is 0.424. The van der Waals surface area contributed by atoms with E-state index in [4.69, 9.17) is 0 Å². The zero-order valence-corrected chi connectivity index (χ0v) is 19.3. The van der Waals surface area contributed by atoms with Gasteiger partial charge in [-0.15, -0.1) is 24.8 Å². The van der Waals surface area contributed by atoms with Gasteiger partial charge in [0.1, 0.15) is 5.75 Å². The molecule has 0 radical (unpaired) electrons. The number of aromatic hydroxyl groups is 1. The van der Waals surface area contributed by atoms with Crippen molar-refractivity contribution in [2.45, 2.75) is 38.6 Å². The highest BCUT2D eigenvalue weighted by molar-refractivity contribution is 14.1. The Morgan fingerprint density at radius 2 is 1.70 bits per heavy atom. The van der Waals surface area contributed by atoms with Crippen LogP contribution in [0.15, 0.2) is 12.1 Å². The van der Waals surface area contributed by atoms with E-state index in [2.05, 4.69) is 74.5 Å². The molecule has 23 heavy (non-hydrogen) atoms. The fourth-order valence-corrected chi connectivity index (χ4v) is 4.74. The molecule has 0 saturated carbocycles. The molecule has 2 rings (SSSR count). The van der Waals surface area contributed by atoms with E-state index >= 15 is 0 Å². The van der Waals surface area contributed by atoms with E-state index in [1.54, 1.807) is 0 Å². The summed E-state index contributed by atoms with van der Waals surface area (Å²) in [7, 11) is 0. The number of hydrogen-bond donors (Lipinski definition) is 2. The molecule has 1 saturated heterocycles. The fraction of sp³-hybridized carbons (Fsp3) is 0.625. The third-order valence-corrected chi connectivity index (χ3v) is 5.74. The molecule has 0 bridgehead atoms. The standard InChI is InChI=1S/C16H24I2N2O.2ClH/c1-2-3-4-5-15(20-8-6-19-7-9-20)12-10-13(17)16(21)14(18)11-12;;/h10-11,15,19,21H,2-9H2,1H3;2*1H/t15-;;/m1../s1. The second kappa shape index (κ2) is 12.4. The summed E-state index contributed by atoms with van der Waals surface area (Å²) in [5, 5.41) is 13.4. The Kier molecular flexibility index (Phi) is 12.9. The van der Waals surface area contributed by atoms with Gasteiger partial charge in [0.15, 0.2) is 0 Å². The molecule has 0 amide bonds. The van der Waals surface area contributed by atoms with Crippen LogP contribution in [0.1, 0.15) is 44.2 Å². The van der Waals surface area contributed by atoms with Crippen LogP contribution < -0.4 is 5.32 Å². The fourth-order valence-electron chi connectivity index (χ4n) is 2.92. The molecule has 1 atom stereocenters. The minimum atomic E-state index is 0. The van der Waals surface area contributed by atoms with E-state index in [0.29, 0.717) is 11.8 Å². The maximum atomic E-state index is 10.00. The Morgan fingerprint density at radius 3 is 2.22 bits per heavy atom. The van der Waals surface area contributed by atoms with Crippen LogP contribution in [0, 0.1) is 7.14 Å². The van der Waals surface area contributed by atoms with Gasteiger partial charge in [0.25, 0.3) is 0 Å². The van der Waals surface area contributed by atoms with Crippen molar-refractivity contribution in [3.8, 4) is 5.75 Å². The molecule has 134 valence electrons. The van der Waals surface area contributed by atoms with Crippen molar-refractivity contribution < 1.29 is 5.11 Å². The molecule has 1 aliphatic rings. The van der Waals surface area contributed by atoms with Crippen molar-refractivity contribution in [2.75, 3.05) is 26.2 Å². The van der Waals surface area contributed by atoms with E-state index in [0.717, 1.165) is 33.3 Å². The summed E-state index contributed by atoms with van der Waals surface area (Å²) in [6.07, 6.45) is 5.05. The lowest BCUT2D eigenvalue weighted by Gasteiger charge is -2.35. The van der Waals surface area contributed by atoms with Crippen LogP contribution in [-0.4, -0.2) is 36.2 Å². The largest absolute Gasteiger partial charge is 0.506 e. The van der Waals surface area contributed by atoms with Gasteiger partial charge in [-0.1, -0.05) is 26.2 Å². The number of unbranched alkanes of at least 4 members (excludes halogenated alkanes) is 2. The predicted octanol–water partition coefficient (Wildman–Crippen LogP) is 4.97. The number of piperazine rings is 1. The molecule has 1 fully saturated rings. The van der Waals surface area contributed by atoms with Crippen LogP contribution in [0.25, 0.3) is 0 Å². The minimum absolute atomic E-state index is 0. The molecule has 1 heterocycles. The van der Waals surface area contributed by atoms with E-state index in [1.165, 1.54) is 31.2 Å². The first kappa shape index (κ1) is 24.0. The number of phenols is 1. The number of hydrogen-bond acceptors (Lipinski definition) is 3. The van der Waals surface area contributed by atoms with Crippen LogP contribution in [-0.2, 0) is 0 Å². The molecule has 0 aromatic heterocycles. The highest BCUT2D eigenvalue weighted by Crippen LogP contribution is 2.34. The van der Waals surface area contributed by atoms with Crippen molar-refractivity contribution in [2.24, 2.45) is 0 Å². The lowest BCUT2D eigenvalue weighted by atomic mass is 9.98. The van der Waals surface area contributed by atoms with Crippen molar-refractivity contribution in [3.63, 3.8) is 0 Å². The number of benzene rings is 1. The molecule has 0 unspecified atom stereocenters. The molecule has 3 nitrogen and oxygen atoms in total. The second-order valence-electron chi connectivity index (χ2n) is 5.63. The normalized spacial score (nSPS) is 16.3. The van der Waals surface area contributed by atoms with Gasteiger partial charge in [-0.3, -0.25) is 4.90 Å². The highest BCUT2D eigenvalue weighted by atomic mass is 127. The maximum Gasteiger partial charge on any atom is 0.142 e. The lowest BCUT2D eigenvalue weighted by Crippen LogP contribution is -2.45. The van der Waals surface area contributed by atoms with Gasteiger partial charge in [0.05, 0.1) is 7.14 Å². The van der Waals surface area contributed by atoms with E-state index in [1.807, 2.05) is 0 Å². The van der Waals surface area contributed by atoms with Crippen LogP contribution in [0.3, 0.4) is 0 Å². The predicted molar refractivity (Wildman–Crippen MR) is 119 cm³/mol. The Hall–Kier alpha value is 0.980. The second-order valence-corrected chi connectivity index (χ2v) is 7.96. The Balaban J connectivity index is 0.00000242. The van der Waals surface area contributed by atoms with Gasteiger partial charge < -0.3 is 10.4 Å². The third kappa shape index (κ3) is 7.01. The van der Waals surface area contributed by atoms with Crippen molar-refractivity contribution in [1.82, 2.24) is 10.2 Å². The van der Waals surface area contributed by atoms with E-state index < -0.39 is 0 Å². The molecular formula is C16H26Cl2I2N2O. The van der Waals surface area contributed by atoms with Crippen molar-refractivity contribution in [1.29, 1.82) is 0 Å². The lowest BCUT2D eigenvalue weighted by molar-refractivity contribution is 0.162. The first-order valence-corrected chi connectivity index (χ1v) is 9.92. The first-order valence-electron chi connectivity index (χ1n) is 7.76. The first-order chi connectivity index (χ1) is 10.1. The molecule has 1 aliphatic heterocycles. The van der Waals surface area contributed by atoms with Gasteiger partial charge in [0.2, 0.25) is 0 Å². The van der Waals surface area contributed by atoms with Crippen LogP contribution in [0.5, 0.6) is 5.75 Å². The SMILES string of the molecule is CCCCC[C@H](c1cc(I)c(O)c(I)c1)N1CCNCC1.Cl.Cl. The Bertz CT molecular complexity index is 448. The summed E-state index contributed by atoms with van der Waals surface area (Å²) in [6, 6.07) is 4.81. The van der Waals surface area contributed by atoms with Gasteiger partial charge >= 0.3 is 0 Å². The monoisotopic (exact) mass is 586 g/mol. The third-order valence-electron chi connectivity index (χ3n) is 4.10. The van der Waals surface area contributed by atoms with Gasteiger partial charge in [-0.25, -0.2) is 0 Å². The average molecular weight is 587 g/mol. The molecule has 7 heteroatoms. The van der Waals surface area contributed by atoms with Gasteiger partial charge in [-0.2, -0.15) is 0 Å². The van der Waals surface area contributed by atoms with E-state index in [9.17, 15) is 5.11 Å².